The molecule has 1 aliphatic carbocycles. The van der Waals surface area contributed by atoms with Crippen LogP contribution in [0.1, 0.15) is 63.0 Å². The van der Waals surface area contributed by atoms with Gasteiger partial charge in [-0.1, -0.05) is 48.9 Å². The van der Waals surface area contributed by atoms with Crippen LogP contribution in [0.5, 0.6) is 5.75 Å². The second kappa shape index (κ2) is 12.6. The van der Waals surface area contributed by atoms with Crippen molar-refractivity contribution in [2.75, 3.05) is 27.2 Å². The molecule has 0 radical (unpaired) electrons. The molecule has 37 heavy (non-hydrogen) atoms. The summed E-state index contributed by atoms with van der Waals surface area (Å²) in [6.45, 7) is 3.30. The summed E-state index contributed by atoms with van der Waals surface area (Å²) in [4.78, 5) is 27.4. The molecule has 0 aromatic heterocycles. The highest BCUT2D eigenvalue weighted by atomic mass is 16.5. The fraction of sp³-hybridized carbons (Fsp3) is 0.548. The number of likely N-dealkylation sites (tertiary alicyclic amines) is 1. The van der Waals surface area contributed by atoms with Gasteiger partial charge in [-0.05, 0) is 69.0 Å². The van der Waals surface area contributed by atoms with Crippen molar-refractivity contribution >= 4 is 11.9 Å². The van der Waals surface area contributed by atoms with Crippen LogP contribution in [0.4, 0.5) is 0 Å². The van der Waals surface area contributed by atoms with E-state index in [4.69, 9.17) is 9.47 Å². The number of piperidine rings is 1. The zero-order chi connectivity index (χ0) is 26.3. The highest BCUT2D eigenvalue weighted by Gasteiger charge is 2.53. The van der Waals surface area contributed by atoms with E-state index in [-0.39, 0.29) is 35.4 Å². The van der Waals surface area contributed by atoms with Crippen molar-refractivity contribution in [1.29, 1.82) is 0 Å². The van der Waals surface area contributed by atoms with Crippen molar-refractivity contribution in [3.63, 3.8) is 0 Å². The smallest absolute Gasteiger partial charge is 0.302 e. The number of nitrogens with zero attached hydrogens (tertiary/aromatic N) is 1. The summed E-state index contributed by atoms with van der Waals surface area (Å²) >= 11 is 0. The number of carbonyl (C=O) groups excluding carboxylic acids is 2. The molecule has 1 aliphatic heterocycles. The van der Waals surface area contributed by atoms with E-state index in [0.29, 0.717) is 12.8 Å². The van der Waals surface area contributed by atoms with E-state index in [0.717, 1.165) is 57.4 Å². The molecule has 6 heteroatoms. The van der Waals surface area contributed by atoms with Gasteiger partial charge in [0.25, 0.3) is 0 Å². The van der Waals surface area contributed by atoms with Gasteiger partial charge in [-0.2, -0.15) is 0 Å². The number of carbonyl (C=O) groups is 2. The molecule has 200 valence electrons. The van der Waals surface area contributed by atoms with Crippen molar-refractivity contribution < 1.29 is 19.1 Å². The van der Waals surface area contributed by atoms with Crippen LogP contribution >= 0.6 is 0 Å². The number of ether oxygens (including phenoxy) is 2. The first-order chi connectivity index (χ1) is 17.9. The largest absolute Gasteiger partial charge is 0.497 e. The van der Waals surface area contributed by atoms with Gasteiger partial charge in [0.05, 0.1) is 7.11 Å². The number of methoxy groups -OCH3 is 1. The van der Waals surface area contributed by atoms with Gasteiger partial charge in [0.1, 0.15) is 11.9 Å². The first kappa shape index (κ1) is 27.2. The summed E-state index contributed by atoms with van der Waals surface area (Å²) in [6, 6.07) is 18.8. The summed E-state index contributed by atoms with van der Waals surface area (Å²) in [5, 5.41) is 3.32. The molecular formula is C31H42N2O4. The molecule has 1 amide bonds. The Bertz CT molecular complexity index is 1040. The van der Waals surface area contributed by atoms with Gasteiger partial charge < -0.3 is 19.7 Å². The number of esters is 1. The van der Waals surface area contributed by atoms with Crippen LogP contribution < -0.4 is 10.1 Å². The SMILES string of the molecule is COc1cccc(C23CCN(C)CC2C(OC(C)=O)CC(NC(=O)CCCCCc2ccccc2)C3)c1. The maximum atomic E-state index is 13.0. The average Bonchev–Trinajstić information content (AvgIpc) is 2.89. The fourth-order valence-corrected chi connectivity index (χ4v) is 6.47. The second-order valence-corrected chi connectivity index (χ2v) is 10.9. The van der Waals surface area contributed by atoms with Gasteiger partial charge >= 0.3 is 5.97 Å². The third kappa shape index (κ3) is 6.92. The van der Waals surface area contributed by atoms with Crippen LogP contribution in [0.25, 0.3) is 0 Å². The van der Waals surface area contributed by atoms with Gasteiger partial charge in [-0.3, -0.25) is 9.59 Å². The first-order valence-corrected chi connectivity index (χ1v) is 13.7. The molecule has 1 N–H and O–H groups in total. The zero-order valence-electron chi connectivity index (χ0n) is 22.6. The van der Waals surface area contributed by atoms with Crippen LogP contribution in [0, 0.1) is 5.92 Å². The molecule has 1 saturated heterocycles. The number of nitrogens with one attached hydrogen (secondary N) is 1. The van der Waals surface area contributed by atoms with Crippen molar-refractivity contribution in [1.82, 2.24) is 10.2 Å². The summed E-state index contributed by atoms with van der Waals surface area (Å²) < 4.78 is 11.5. The average molecular weight is 507 g/mol. The maximum absolute atomic E-state index is 13.0. The molecule has 6 nitrogen and oxygen atoms in total. The maximum Gasteiger partial charge on any atom is 0.302 e. The van der Waals surface area contributed by atoms with E-state index in [9.17, 15) is 9.59 Å². The number of rotatable bonds is 10. The predicted molar refractivity (Wildman–Crippen MR) is 146 cm³/mol. The Morgan fingerprint density at radius 3 is 2.65 bits per heavy atom. The van der Waals surface area contributed by atoms with Crippen molar-refractivity contribution in [3.8, 4) is 5.75 Å². The standard InChI is InChI=1S/C31H42N2O4/c1-23(34)37-29-20-26(32-30(35)16-9-5-8-13-24-11-6-4-7-12-24)21-31(17-18-33(2)22-28(29)31)25-14-10-15-27(19-25)36-3/h4,6-7,10-12,14-15,19,26,28-29H,5,8-9,13,16-18,20-22H2,1-3H3,(H,32,35). The minimum atomic E-state index is -0.261. The van der Waals surface area contributed by atoms with Crippen LogP contribution in [0.2, 0.25) is 0 Å². The summed E-state index contributed by atoms with van der Waals surface area (Å²) in [5.74, 6) is 0.824. The Morgan fingerprint density at radius 1 is 1.08 bits per heavy atom. The quantitative estimate of drug-likeness (QED) is 0.367. The summed E-state index contributed by atoms with van der Waals surface area (Å²) in [7, 11) is 3.82. The van der Waals surface area contributed by atoms with Gasteiger partial charge in [-0.25, -0.2) is 0 Å². The molecular weight excluding hydrogens is 464 g/mol. The number of fused-ring (bicyclic) bond motifs is 1. The van der Waals surface area contributed by atoms with Gasteiger partial charge in [0, 0.05) is 43.7 Å². The van der Waals surface area contributed by atoms with E-state index < -0.39 is 0 Å². The van der Waals surface area contributed by atoms with Crippen molar-refractivity contribution in [3.05, 3.63) is 65.7 Å². The molecule has 2 aromatic rings. The van der Waals surface area contributed by atoms with Gasteiger partial charge in [0.15, 0.2) is 0 Å². The Balaban J connectivity index is 1.43. The summed E-state index contributed by atoms with van der Waals surface area (Å²) in [5.41, 5.74) is 2.37. The van der Waals surface area contributed by atoms with Crippen LogP contribution in [-0.4, -0.2) is 56.2 Å². The molecule has 1 heterocycles. The fourth-order valence-electron chi connectivity index (χ4n) is 6.47. The minimum absolute atomic E-state index is 0.0352. The molecule has 4 atom stereocenters. The van der Waals surface area contributed by atoms with Gasteiger partial charge in [0.2, 0.25) is 5.91 Å². The summed E-state index contributed by atoms with van der Waals surface area (Å²) in [6.07, 6.45) is 6.79. The number of aryl methyl sites for hydroxylation is 1. The third-order valence-corrected chi connectivity index (χ3v) is 8.27. The van der Waals surface area contributed by atoms with E-state index in [1.807, 2.05) is 18.2 Å². The number of amides is 1. The molecule has 0 spiro atoms. The number of hydrogen-bond acceptors (Lipinski definition) is 5. The number of benzene rings is 2. The van der Waals surface area contributed by atoms with Crippen LogP contribution in [-0.2, 0) is 26.2 Å². The monoisotopic (exact) mass is 506 g/mol. The lowest BCUT2D eigenvalue weighted by Crippen LogP contribution is -2.61. The Hall–Kier alpha value is -2.86. The topological polar surface area (TPSA) is 67.9 Å². The third-order valence-electron chi connectivity index (χ3n) is 8.27. The number of hydrogen-bond donors (Lipinski definition) is 1. The van der Waals surface area contributed by atoms with E-state index >= 15 is 0 Å². The Kier molecular flexibility index (Phi) is 9.25. The van der Waals surface area contributed by atoms with Crippen LogP contribution in [0.15, 0.2) is 54.6 Å². The van der Waals surface area contributed by atoms with Crippen molar-refractivity contribution in [2.24, 2.45) is 5.92 Å². The molecule has 1 saturated carbocycles. The van der Waals surface area contributed by atoms with E-state index in [2.05, 4.69) is 53.7 Å². The predicted octanol–water partition coefficient (Wildman–Crippen LogP) is 4.90. The normalized spacial score (nSPS) is 25.6. The molecule has 2 aliphatic rings. The Morgan fingerprint density at radius 2 is 1.89 bits per heavy atom. The van der Waals surface area contributed by atoms with Crippen LogP contribution in [0.3, 0.4) is 0 Å². The molecule has 4 rings (SSSR count). The van der Waals surface area contributed by atoms with Gasteiger partial charge in [-0.15, -0.1) is 0 Å². The lowest BCUT2D eigenvalue weighted by Gasteiger charge is -2.55. The second-order valence-electron chi connectivity index (χ2n) is 10.9. The first-order valence-electron chi connectivity index (χ1n) is 13.7. The molecule has 2 aromatic carbocycles. The Labute approximate surface area is 221 Å². The minimum Gasteiger partial charge on any atom is -0.497 e. The highest BCUT2D eigenvalue weighted by molar-refractivity contribution is 5.76. The zero-order valence-corrected chi connectivity index (χ0v) is 22.6. The lowest BCUT2D eigenvalue weighted by atomic mass is 9.57. The number of unbranched alkanes of at least 4 members (excludes halogenated alkanes) is 2. The molecule has 0 bridgehead atoms. The van der Waals surface area contributed by atoms with Crippen molar-refractivity contribution in [2.45, 2.75) is 75.9 Å². The molecule has 4 unspecified atom stereocenters. The lowest BCUT2D eigenvalue weighted by molar-refractivity contribution is -0.157. The van der Waals surface area contributed by atoms with E-state index in [1.165, 1.54) is 18.1 Å². The van der Waals surface area contributed by atoms with E-state index in [1.54, 1.807) is 7.11 Å². The molecule has 2 fully saturated rings. The highest BCUT2D eigenvalue weighted by Crippen LogP contribution is 2.50.